The van der Waals surface area contributed by atoms with E-state index < -0.39 is 0 Å². The van der Waals surface area contributed by atoms with E-state index in [1.165, 1.54) is 12.0 Å². The van der Waals surface area contributed by atoms with Crippen molar-refractivity contribution >= 4 is 11.6 Å². The van der Waals surface area contributed by atoms with Gasteiger partial charge in [0.15, 0.2) is 0 Å². The van der Waals surface area contributed by atoms with Gasteiger partial charge in [-0.15, -0.1) is 0 Å². The molecule has 0 amide bonds. The van der Waals surface area contributed by atoms with Gasteiger partial charge in [-0.3, -0.25) is 4.90 Å². The van der Waals surface area contributed by atoms with Crippen LogP contribution in [0.1, 0.15) is 38.3 Å². The number of benzene rings is 1. The molecule has 3 unspecified atom stereocenters. The highest BCUT2D eigenvalue weighted by Gasteiger charge is 2.30. The second kappa shape index (κ2) is 8.14. The molecule has 1 heterocycles. The molecule has 1 fully saturated rings. The summed E-state index contributed by atoms with van der Waals surface area (Å²) in [6.45, 7) is 7.72. The molecule has 1 saturated heterocycles. The molecule has 0 radical (unpaired) electrons. The van der Waals surface area contributed by atoms with Crippen LogP contribution in [0.2, 0.25) is 5.02 Å². The number of aliphatic hydroxyl groups is 1. The minimum atomic E-state index is 0.272. The molecule has 0 bridgehead atoms. The van der Waals surface area contributed by atoms with Gasteiger partial charge in [0.1, 0.15) is 0 Å². The van der Waals surface area contributed by atoms with Crippen LogP contribution in [0.15, 0.2) is 24.3 Å². The quantitative estimate of drug-likeness (QED) is 0.812. The maximum atomic E-state index is 9.55. The Hall–Kier alpha value is -0.610. The molecule has 118 valence electrons. The number of nitrogens with one attached hydrogen (secondary N) is 1. The third-order valence-corrected chi connectivity index (χ3v) is 4.86. The summed E-state index contributed by atoms with van der Waals surface area (Å²) in [5.41, 5.74) is 1.29. The van der Waals surface area contributed by atoms with Gasteiger partial charge in [0.05, 0.1) is 6.61 Å². The maximum Gasteiger partial charge on any atom is 0.0589 e. The van der Waals surface area contributed by atoms with Crippen molar-refractivity contribution in [1.29, 1.82) is 0 Å². The molecule has 0 aliphatic carbocycles. The van der Waals surface area contributed by atoms with Gasteiger partial charge in [-0.1, -0.05) is 37.6 Å². The first-order valence-corrected chi connectivity index (χ1v) is 8.37. The monoisotopic (exact) mass is 310 g/mol. The molecule has 3 nitrogen and oxygen atoms in total. The average molecular weight is 311 g/mol. The lowest BCUT2D eigenvalue weighted by atomic mass is 10.0. The lowest BCUT2D eigenvalue weighted by Crippen LogP contribution is -2.37. The van der Waals surface area contributed by atoms with Crippen LogP contribution < -0.4 is 5.32 Å². The highest BCUT2D eigenvalue weighted by Crippen LogP contribution is 2.26. The summed E-state index contributed by atoms with van der Waals surface area (Å²) in [5, 5.41) is 13.9. The standard InChI is InChI=1S/C17H27ClN2O/c1-3-19-16(14-4-6-15(18)7-5-14)9-11-20-10-8-13(2)17(20)12-21/h4-7,13,16-17,19,21H,3,8-12H2,1-2H3. The topological polar surface area (TPSA) is 35.5 Å². The molecule has 1 aliphatic rings. The van der Waals surface area contributed by atoms with Gasteiger partial charge >= 0.3 is 0 Å². The molecular formula is C17H27ClN2O. The minimum absolute atomic E-state index is 0.272. The molecule has 0 aromatic heterocycles. The highest BCUT2D eigenvalue weighted by atomic mass is 35.5. The Kier molecular flexibility index (Phi) is 6.49. The van der Waals surface area contributed by atoms with Gasteiger partial charge in [-0.05, 0) is 49.5 Å². The second-order valence-corrected chi connectivity index (χ2v) is 6.44. The fraction of sp³-hybridized carbons (Fsp3) is 0.647. The molecule has 1 aliphatic heterocycles. The highest BCUT2D eigenvalue weighted by molar-refractivity contribution is 6.30. The molecule has 3 atom stereocenters. The Balaban J connectivity index is 1.95. The second-order valence-electron chi connectivity index (χ2n) is 6.00. The molecule has 1 aromatic rings. The van der Waals surface area contributed by atoms with Gasteiger partial charge < -0.3 is 10.4 Å². The van der Waals surface area contributed by atoms with E-state index in [1.807, 2.05) is 12.1 Å². The van der Waals surface area contributed by atoms with Crippen LogP contribution in [0.4, 0.5) is 0 Å². The molecule has 4 heteroatoms. The number of likely N-dealkylation sites (tertiary alicyclic amines) is 1. The van der Waals surface area contributed by atoms with E-state index in [-0.39, 0.29) is 6.61 Å². The third kappa shape index (κ3) is 4.43. The van der Waals surface area contributed by atoms with Crippen LogP contribution in [0.25, 0.3) is 0 Å². The van der Waals surface area contributed by atoms with E-state index in [2.05, 4.69) is 36.2 Å². The summed E-state index contributed by atoms with van der Waals surface area (Å²) >= 11 is 5.97. The lowest BCUT2D eigenvalue weighted by Gasteiger charge is -2.27. The first-order chi connectivity index (χ1) is 10.2. The van der Waals surface area contributed by atoms with Crippen LogP contribution >= 0.6 is 11.6 Å². The van der Waals surface area contributed by atoms with E-state index >= 15 is 0 Å². The van der Waals surface area contributed by atoms with Gasteiger partial charge in [0.2, 0.25) is 0 Å². The number of nitrogens with zero attached hydrogens (tertiary/aromatic N) is 1. The van der Waals surface area contributed by atoms with Crippen molar-refractivity contribution in [3.63, 3.8) is 0 Å². The Labute approximate surface area is 133 Å². The molecule has 0 spiro atoms. The van der Waals surface area contributed by atoms with Gasteiger partial charge in [0, 0.05) is 23.7 Å². The van der Waals surface area contributed by atoms with Crippen molar-refractivity contribution in [2.45, 2.75) is 38.8 Å². The molecule has 1 aromatic carbocycles. The molecule has 2 N–H and O–H groups in total. The van der Waals surface area contributed by atoms with Crippen LogP contribution in [0.5, 0.6) is 0 Å². The number of aliphatic hydroxyl groups excluding tert-OH is 1. The summed E-state index contributed by atoms with van der Waals surface area (Å²) in [5.74, 6) is 0.600. The van der Waals surface area contributed by atoms with Gasteiger partial charge in [-0.2, -0.15) is 0 Å². The number of hydrogen-bond donors (Lipinski definition) is 2. The van der Waals surface area contributed by atoms with Crippen molar-refractivity contribution in [2.75, 3.05) is 26.2 Å². The Bertz CT molecular complexity index is 423. The summed E-state index contributed by atoms with van der Waals surface area (Å²) in [4.78, 5) is 2.44. The normalized spacial score (nSPS) is 24.4. The first kappa shape index (κ1) is 16.8. The number of halogens is 1. The van der Waals surface area contributed by atoms with E-state index in [1.54, 1.807) is 0 Å². The van der Waals surface area contributed by atoms with Crippen molar-refractivity contribution in [2.24, 2.45) is 5.92 Å². The fourth-order valence-corrected chi connectivity index (χ4v) is 3.41. The smallest absolute Gasteiger partial charge is 0.0589 e. The maximum absolute atomic E-state index is 9.55. The van der Waals surface area contributed by atoms with Gasteiger partial charge in [0.25, 0.3) is 0 Å². The average Bonchev–Trinajstić information content (AvgIpc) is 2.84. The van der Waals surface area contributed by atoms with Crippen LogP contribution in [-0.2, 0) is 0 Å². The van der Waals surface area contributed by atoms with E-state index in [0.717, 1.165) is 31.1 Å². The van der Waals surface area contributed by atoms with Crippen LogP contribution in [0.3, 0.4) is 0 Å². The van der Waals surface area contributed by atoms with Crippen molar-refractivity contribution in [3.8, 4) is 0 Å². The summed E-state index contributed by atoms with van der Waals surface area (Å²) in [6, 6.07) is 8.79. The number of hydrogen-bond acceptors (Lipinski definition) is 3. The predicted molar refractivity (Wildman–Crippen MR) is 88.7 cm³/mol. The zero-order valence-corrected chi connectivity index (χ0v) is 13.8. The molecule has 21 heavy (non-hydrogen) atoms. The predicted octanol–water partition coefficient (Wildman–Crippen LogP) is 3.08. The Morgan fingerprint density at radius 1 is 1.38 bits per heavy atom. The Morgan fingerprint density at radius 3 is 2.71 bits per heavy atom. The van der Waals surface area contributed by atoms with E-state index in [9.17, 15) is 5.11 Å². The van der Waals surface area contributed by atoms with E-state index in [0.29, 0.717) is 18.0 Å². The van der Waals surface area contributed by atoms with Crippen molar-refractivity contribution < 1.29 is 5.11 Å². The SMILES string of the molecule is CCNC(CCN1CCC(C)C1CO)c1ccc(Cl)cc1. The summed E-state index contributed by atoms with van der Waals surface area (Å²) < 4.78 is 0. The zero-order chi connectivity index (χ0) is 15.2. The Morgan fingerprint density at radius 2 is 2.10 bits per heavy atom. The zero-order valence-electron chi connectivity index (χ0n) is 13.1. The van der Waals surface area contributed by atoms with Gasteiger partial charge in [-0.25, -0.2) is 0 Å². The summed E-state index contributed by atoms with van der Waals surface area (Å²) in [6.07, 6.45) is 2.25. The molecule has 0 saturated carbocycles. The van der Waals surface area contributed by atoms with Crippen LogP contribution in [0, 0.1) is 5.92 Å². The van der Waals surface area contributed by atoms with Crippen LogP contribution in [-0.4, -0.2) is 42.3 Å². The molecular weight excluding hydrogens is 284 g/mol. The van der Waals surface area contributed by atoms with E-state index in [4.69, 9.17) is 11.6 Å². The first-order valence-electron chi connectivity index (χ1n) is 7.99. The number of rotatable bonds is 7. The third-order valence-electron chi connectivity index (χ3n) is 4.61. The largest absolute Gasteiger partial charge is 0.395 e. The lowest BCUT2D eigenvalue weighted by molar-refractivity contribution is 0.135. The fourth-order valence-electron chi connectivity index (χ4n) is 3.28. The minimum Gasteiger partial charge on any atom is -0.395 e. The summed E-state index contributed by atoms with van der Waals surface area (Å²) in [7, 11) is 0. The van der Waals surface area contributed by atoms with Crippen molar-refractivity contribution in [3.05, 3.63) is 34.9 Å². The van der Waals surface area contributed by atoms with Crippen molar-refractivity contribution in [1.82, 2.24) is 10.2 Å². The molecule has 2 rings (SSSR count).